The van der Waals surface area contributed by atoms with E-state index in [9.17, 15) is 13.2 Å². The molecule has 1 aliphatic rings. The number of carbonyl (C=O) groups is 1. The third-order valence-electron chi connectivity index (χ3n) is 5.47. The summed E-state index contributed by atoms with van der Waals surface area (Å²) in [5, 5.41) is 0.494. The van der Waals surface area contributed by atoms with Crippen LogP contribution in [-0.2, 0) is 16.6 Å². The van der Waals surface area contributed by atoms with Crippen LogP contribution in [0, 0.1) is 0 Å². The van der Waals surface area contributed by atoms with Crippen LogP contribution < -0.4 is 0 Å². The Hall–Kier alpha value is -1.93. The number of sulfonamides is 1. The molecule has 2 aromatic rings. The van der Waals surface area contributed by atoms with Crippen LogP contribution in [0.15, 0.2) is 53.4 Å². The van der Waals surface area contributed by atoms with Gasteiger partial charge < -0.3 is 9.80 Å². The zero-order valence-corrected chi connectivity index (χ0v) is 19.0. The van der Waals surface area contributed by atoms with E-state index in [-0.39, 0.29) is 17.3 Å². The smallest absolute Gasteiger partial charge is 0.253 e. The van der Waals surface area contributed by atoms with Crippen molar-refractivity contribution in [3.63, 3.8) is 0 Å². The SMILES string of the molecule is CCN1CCN(C(=O)c2ccc(CN(CC)S(=O)(=O)c3ccc(Cl)cc3)cc2)CC1. The first-order valence-corrected chi connectivity index (χ1v) is 12.0. The Morgan fingerprint density at radius 2 is 1.57 bits per heavy atom. The van der Waals surface area contributed by atoms with Crippen molar-refractivity contribution >= 4 is 27.5 Å². The summed E-state index contributed by atoms with van der Waals surface area (Å²) in [6, 6.07) is 13.4. The van der Waals surface area contributed by atoms with Crippen molar-refractivity contribution in [2.24, 2.45) is 0 Å². The lowest BCUT2D eigenvalue weighted by Gasteiger charge is -2.34. The van der Waals surface area contributed by atoms with E-state index in [1.807, 2.05) is 17.0 Å². The molecule has 1 fully saturated rings. The third kappa shape index (κ3) is 5.21. The summed E-state index contributed by atoms with van der Waals surface area (Å²) in [5.74, 6) is 0.0263. The number of amides is 1. The van der Waals surface area contributed by atoms with E-state index in [2.05, 4.69) is 11.8 Å². The molecule has 0 aliphatic carbocycles. The second kappa shape index (κ2) is 9.92. The number of carbonyl (C=O) groups excluding carboxylic acids is 1. The fraction of sp³-hybridized carbons (Fsp3) is 0.409. The molecule has 8 heteroatoms. The highest BCUT2D eigenvalue weighted by Gasteiger charge is 2.24. The zero-order valence-electron chi connectivity index (χ0n) is 17.4. The highest BCUT2D eigenvalue weighted by atomic mass is 35.5. The first-order chi connectivity index (χ1) is 14.3. The lowest BCUT2D eigenvalue weighted by Crippen LogP contribution is -2.48. The first-order valence-electron chi connectivity index (χ1n) is 10.2. The van der Waals surface area contributed by atoms with E-state index in [1.54, 1.807) is 31.2 Å². The highest BCUT2D eigenvalue weighted by Crippen LogP contribution is 2.21. The molecule has 30 heavy (non-hydrogen) atoms. The number of benzene rings is 2. The quantitative estimate of drug-likeness (QED) is 0.650. The van der Waals surface area contributed by atoms with Gasteiger partial charge in [-0.05, 0) is 48.5 Å². The molecule has 0 radical (unpaired) electrons. The maximum absolute atomic E-state index is 12.9. The molecule has 0 bridgehead atoms. The minimum atomic E-state index is -3.62. The van der Waals surface area contributed by atoms with Crippen molar-refractivity contribution < 1.29 is 13.2 Å². The number of hydrogen-bond acceptors (Lipinski definition) is 4. The van der Waals surface area contributed by atoms with Gasteiger partial charge in [-0.1, -0.05) is 37.6 Å². The van der Waals surface area contributed by atoms with Crippen molar-refractivity contribution in [2.45, 2.75) is 25.3 Å². The first kappa shape index (κ1) is 22.7. The minimum absolute atomic E-state index is 0.0263. The lowest BCUT2D eigenvalue weighted by molar-refractivity contribution is 0.0643. The molecular weight excluding hydrogens is 422 g/mol. The number of nitrogens with zero attached hydrogens (tertiary/aromatic N) is 3. The summed E-state index contributed by atoms with van der Waals surface area (Å²) >= 11 is 5.87. The average Bonchev–Trinajstić information content (AvgIpc) is 2.77. The Morgan fingerprint density at radius 1 is 0.967 bits per heavy atom. The van der Waals surface area contributed by atoms with Gasteiger partial charge in [-0.15, -0.1) is 0 Å². The van der Waals surface area contributed by atoms with E-state index in [1.165, 1.54) is 16.4 Å². The van der Waals surface area contributed by atoms with E-state index < -0.39 is 10.0 Å². The maximum Gasteiger partial charge on any atom is 0.253 e. The molecule has 0 unspecified atom stereocenters. The number of likely N-dealkylation sites (N-methyl/N-ethyl adjacent to an activating group) is 1. The number of rotatable bonds is 7. The Morgan fingerprint density at radius 3 is 2.10 bits per heavy atom. The Labute approximate surface area is 184 Å². The molecule has 6 nitrogen and oxygen atoms in total. The van der Waals surface area contributed by atoms with Gasteiger partial charge >= 0.3 is 0 Å². The topological polar surface area (TPSA) is 60.9 Å². The predicted molar refractivity (Wildman–Crippen MR) is 119 cm³/mol. The van der Waals surface area contributed by atoms with Gasteiger partial charge in [0.25, 0.3) is 5.91 Å². The molecule has 1 aliphatic heterocycles. The minimum Gasteiger partial charge on any atom is -0.336 e. The summed E-state index contributed by atoms with van der Waals surface area (Å²) in [5.41, 5.74) is 1.47. The van der Waals surface area contributed by atoms with Crippen molar-refractivity contribution in [1.29, 1.82) is 0 Å². The second-order valence-corrected chi connectivity index (χ2v) is 9.68. The molecule has 0 saturated carbocycles. The molecule has 162 valence electrons. The van der Waals surface area contributed by atoms with Crippen LogP contribution >= 0.6 is 11.6 Å². The van der Waals surface area contributed by atoms with Crippen molar-refractivity contribution in [3.05, 3.63) is 64.7 Å². The van der Waals surface area contributed by atoms with Gasteiger partial charge in [0, 0.05) is 49.9 Å². The van der Waals surface area contributed by atoms with Gasteiger partial charge in [-0.25, -0.2) is 8.42 Å². The number of piperazine rings is 1. The van der Waals surface area contributed by atoms with Crippen LogP contribution in [0.3, 0.4) is 0 Å². The van der Waals surface area contributed by atoms with Crippen molar-refractivity contribution in [1.82, 2.24) is 14.1 Å². The molecule has 2 aromatic carbocycles. The summed E-state index contributed by atoms with van der Waals surface area (Å²) in [6.45, 7) is 8.78. The fourth-order valence-corrected chi connectivity index (χ4v) is 5.09. The molecule has 0 N–H and O–H groups in total. The lowest BCUT2D eigenvalue weighted by atomic mass is 10.1. The number of halogens is 1. The molecule has 0 spiro atoms. The predicted octanol–water partition coefficient (Wildman–Crippen LogP) is 3.33. The monoisotopic (exact) mass is 449 g/mol. The van der Waals surface area contributed by atoms with Crippen LogP contribution in [0.1, 0.15) is 29.8 Å². The van der Waals surface area contributed by atoms with Crippen molar-refractivity contribution in [2.75, 3.05) is 39.3 Å². The highest BCUT2D eigenvalue weighted by molar-refractivity contribution is 7.89. The average molecular weight is 450 g/mol. The van der Waals surface area contributed by atoms with Gasteiger partial charge in [-0.3, -0.25) is 4.79 Å². The number of hydrogen-bond donors (Lipinski definition) is 0. The zero-order chi connectivity index (χ0) is 21.7. The van der Waals surface area contributed by atoms with Gasteiger partial charge in [0.2, 0.25) is 10.0 Å². The summed E-state index contributed by atoms with van der Waals surface area (Å²) in [4.78, 5) is 17.2. The van der Waals surface area contributed by atoms with Crippen LogP contribution in [0.2, 0.25) is 5.02 Å². The molecule has 3 rings (SSSR count). The van der Waals surface area contributed by atoms with E-state index in [0.29, 0.717) is 17.1 Å². The summed E-state index contributed by atoms with van der Waals surface area (Å²) in [7, 11) is -3.62. The van der Waals surface area contributed by atoms with Crippen LogP contribution in [0.4, 0.5) is 0 Å². The van der Waals surface area contributed by atoms with Gasteiger partial charge in [0.15, 0.2) is 0 Å². The van der Waals surface area contributed by atoms with E-state index in [4.69, 9.17) is 11.6 Å². The maximum atomic E-state index is 12.9. The molecule has 1 amide bonds. The van der Waals surface area contributed by atoms with Gasteiger partial charge in [0.1, 0.15) is 0 Å². The Kier molecular flexibility index (Phi) is 7.52. The van der Waals surface area contributed by atoms with E-state index >= 15 is 0 Å². The largest absolute Gasteiger partial charge is 0.336 e. The Balaban J connectivity index is 1.68. The van der Waals surface area contributed by atoms with E-state index in [0.717, 1.165) is 38.3 Å². The molecule has 1 heterocycles. The summed E-state index contributed by atoms with van der Waals surface area (Å²) in [6.07, 6.45) is 0. The summed E-state index contributed by atoms with van der Waals surface area (Å²) < 4.78 is 27.3. The van der Waals surface area contributed by atoms with Crippen LogP contribution in [0.25, 0.3) is 0 Å². The second-order valence-electron chi connectivity index (χ2n) is 7.31. The van der Waals surface area contributed by atoms with Crippen molar-refractivity contribution in [3.8, 4) is 0 Å². The molecule has 0 aromatic heterocycles. The standard InChI is InChI=1S/C22H28ClN3O3S/c1-3-24-13-15-25(16-14-24)22(27)19-7-5-18(6-8-19)17-26(4-2)30(28,29)21-11-9-20(23)10-12-21/h5-12H,3-4,13-17H2,1-2H3. The normalized spacial score (nSPS) is 15.5. The third-order valence-corrected chi connectivity index (χ3v) is 7.66. The van der Waals surface area contributed by atoms with Gasteiger partial charge in [-0.2, -0.15) is 4.31 Å². The van der Waals surface area contributed by atoms with Crippen LogP contribution in [-0.4, -0.2) is 67.7 Å². The molecule has 1 saturated heterocycles. The molecular formula is C22H28ClN3O3S. The molecule has 0 atom stereocenters. The Bertz CT molecular complexity index is 954. The van der Waals surface area contributed by atoms with Crippen LogP contribution in [0.5, 0.6) is 0 Å². The van der Waals surface area contributed by atoms with Gasteiger partial charge in [0.05, 0.1) is 4.90 Å². The fourth-order valence-electron chi connectivity index (χ4n) is 3.53.